The van der Waals surface area contributed by atoms with Crippen molar-refractivity contribution in [2.24, 2.45) is 0 Å². The van der Waals surface area contributed by atoms with Crippen LogP contribution in [0.5, 0.6) is 5.75 Å². The molecule has 0 saturated heterocycles. The Balaban J connectivity index is 2.59. The summed E-state index contributed by atoms with van der Waals surface area (Å²) in [7, 11) is 0. The van der Waals surface area contributed by atoms with Gasteiger partial charge in [-0.3, -0.25) is 0 Å². The minimum Gasteiger partial charge on any atom is -0.542 e. The van der Waals surface area contributed by atoms with Gasteiger partial charge in [0.2, 0.25) is 0 Å². The van der Waals surface area contributed by atoms with Crippen LogP contribution >= 0.6 is 0 Å². The van der Waals surface area contributed by atoms with Crippen LogP contribution in [-0.2, 0) is 0 Å². The Morgan fingerprint density at radius 1 is 1.50 bits per heavy atom. The van der Waals surface area contributed by atoms with Crippen molar-refractivity contribution >= 4 is 16.9 Å². The number of furan rings is 1. The van der Waals surface area contributed by atoms with Gasteiger partial charge in [0.1, 0.15) is 17.3 Å². The van der Waals surface area contributed by atoms with Crippen LogP contribution in [0.4, 0.5) is 0 Å². The first-order chi connectivity index (χ1) is 7.63. The number of hydrogen-bond donors (Lipinski definition) is 0. The number of carbonyl (C=O) groups excluding carboxylic acids is 1. The van der Waals surface area contributed by atoms with Crippen LogP contribution < -0.4 is 9.84 Å². The molecule has 0 bridgehead atoms. The second kappa shape index (κ2) is 3.89. The maximum Gasteiger partial charge on any atom is 0.153 e. The summed E-state index contributed by atoms with van der Waals surface area (Å²) in [5.41, 5.74) is 1.09. The predicted octanol–water partition coefficient (Wildman–Crippen LogP) is 1.50. The minimum atomic E-state index is -1.30. The predicted molar refractivity (Wildman–Crippen MR) is 56.5 cm³/mol. The summed E-state index contributed by atoms with van der Waals surface area (Å²) >= 11 is 0. The molecule has 0 atom stereocenters. The van der Waals surface area contributed by atoms with Gasteiger partial charge in [-0.05, 0) is 32.0 Å². The lowest BCUT2D eigenvalue weighted by molar-refractivity contribution is -0.257. The third kappa shape index (κ3) is 1.62. The van der Waals surface area contributed by atoms with Gasteiger partial charge in [-0.1, -0.05) is 0 Å². The van der Waals surface area contributed by atoms with Crippen LogP contribution in [0.2, 0.25) is 0 Å². The number of benzene rings is 1. The lowest BCUT2D eigenvalue weighted by atomic mass is 10.1. The van der Waals surface area contributed by atoms with Crippen LogP contribution in [-0.4, -0.2) is 12.6 Å². The van der Waals surface area contributed by atoms with Gasteiger partial charge in [-0.25, -0.2) is 0 Å². The quantitative estimate of drug-likeness (QED) is 0.784. The molecule has 84 valence electrons. The fraction of sp³-hybridized carbons (Fsp3) is 0.250. The molecule has 1 aromatic carbocycles. The van der Waals surface area contributed by atoms with Crippen molar-refractivity contribution < 1.29 is 19.1 Å². The van der Waals surface area contributed by atoms with Crippen molar-refractivity contribution in [1.82, 2.24) is 0 Å². The molecule has 0 radical (unpaired) electrons. The van der Waals surface area contributed by atoms with Crippen LogP contribution in [0.3, 0.4) is 0 Å². The van der Waals surface area contributed by atoms with E-state index in [9.17, 15) is 9.90 Å². The standard InChI is InChI=1S/C12H12O4/c1-3-15-8-4-5-10-9(6-8)7(2)11(16-10)12(13)14/h4-6H,3H2,1-2H3,(H,13,14)/p-1. The second-order valence-electron chi connectivity index (χ2n) is 3.43. The van der Waals surface area contributed by atoms with Gasteiger partial charge < -0.3 is 19.1 Å². The second-order valence-corrected chi connectivity index (χ2v) is 3.43. The Labute approximate surface area is 92.4 Å². The first-order valence-electron chi connectivity index (χ1n) is 5.00. The van der Waals surface area contributed by atoms with Crippen molar-refractivity contribution in [1.29, 1.82) is 0 Å². The number of fused-ring (bicyclic) bond motifs is 1. The molecule has 1 aromatic heterocycles. The normalized spacial score (nSPS) is 10.6. The molecule has 0 aliphatic carbocycles. The van der Waals surface area contributed by atoms with Gasteiger partial charge in [-0.15, -0.1) is 0 Å². The summed E-state index contributed by atoms with van der Waals surface area (Å²) in [6.07, 6.45) is 0. The zero-order valence-corrected chi connectivity index (χ0v) is 9.07. The SMILES string of the molecule is CCOc1ccc2oc(C(=O)[O-])c(C)c2c1. The fourth-order valence-electron chi connectivity index (χ4n) is 1.65. The van der Waals surface area contributed by atoms with E-state index in [4.69, 9.17) is 9.15 Å². The van der Waals surface area contributed by atoms with Crippen molar-refractivity contribution in [3.8, 4) is 5.75 Å². The summed E-state index contributed by atoms with van der Waals surface area (Å²) in [5, 5.41) is 11.5. The number of aromatic carboxylic acids is 1. The van der Waals surface area contributed by atoms with Crippen molar-refractivity contribution in [2.75, 3.05) is 6.61 Å². The Morgan fingerprint density at radius 3 is 2.88 bits per heavy atom. The van der Waals surface area contributed by atoms with E-state index in [-0.39, 0.29) is 5.76 Å². The molecule has 0 fully saturated rings. The monoisotopic (exact) mass is 219 g/mol. The molecule has 0 aliphatic rings. The highest BCUT2D eigenvalue weighted by Gasteiger charge is 2.11. The Hall–Kier alpha value is -1.97. The first kappa shape index (κ1) is 10.5. The molecule has 2 aromatic rings. The van der Waals surface area contributed by atoms with E-state index in [0.29, 0.717) is 23.5 Å². The molecule has 16 heavy (non-hydrogen) atoms. The highest BCUT2D eigenvalue weighted by molar-refractivity contribution is 5.94. The summed E-state index contributed by atoms with van der Waals surface area (Å²) in [4.78, 5) is 10.8. The molecule has 0 amide bonds. The summed E-state index contributed by atoms with van der Waals surface area (Å²) < 4.78 is 10.5. The smallest absolute Gasteiger partial charge is 0.153 e. The molecule has 0 saturated carbocycles. The van der Waals surface area contributed by atoms with E-state index in [1.807, 2.05) is 6.92 Å². The molecule has 2 rings (SSSR count). The van der Waals surface area contributed by atoms with Crippen LogP contribution in [0, 0.1) is 6.92 Å². The number of hydrogen-bond acceptors (Lipinski definition) is 4. The van der Waals surface area contributed by atoms with Gasteiger partial charge in [0.15, 0.2) is 5.76 Å². The highest BCUT2D eigenvalue weighted by atomic mass is 16.5. The van der Waals surface area contributed by atoms with Crippen LogP contribution in [0.25, 0.3) is 11.0 Å². The summed E-state index contributed by atoms with van der Waals surface area (Å²) in [6.45, 7) is 4.14. The largest absolute Gasteiger partial charge is 0.542 e. The number of carboxylic acids is 1. The van der Waals surface area contributed by atoms with Crippen LogP contribution in [0.1, 0.15) is 23.0 Å². The molecule has 4 nitrogen and oxygen atoms in total. The van der Waals surface area contributed by atoms with E-state index in [2.05, 4.69) is 0 Å². The van der Waals surface area contributed by atoms with Gasteiger partial charge in [0, 0.05) is 10.9 Å². The minimum absolute atomic E-state index is 0.122. The van der Waals surface area contributed by atoms with E-state index >= 15 is 0 Å². The average Bonchev–Trinajstić information content (AvgIpc) is 2.57. The Bertz CT molecular complexity index is 539. The average molecular weight is 219 g/mol. The molecule has 0 aliphatic heterocycles. The molecule has 0 unspecified atom stereocenters. The Morgan fingerprint density at radius 2 is 2.25 bits per heavy atom. The number of carbonyl (C=O) groups is 1. The zero-order chi connectivity index (χ0) is 11.7. The van der Waals surface area contributed by atoms with Gasteiger partial charge >= 0.3 is 0 Å². The summed E-state index contributed by atoms with van der Waals surface area (Å²) in [6, 6.07) is 5.21. The lowest BCUT2D eigenvalue weighted by Crippen LogP contribution is -2.22. The molecular formula is C12H11O4-. The third-order valence-corrected chi connectivity index (χ3v) is 2.40. The summed E-state index contributed by atoms with van der Waals surface area (Å²) in [5.74, 6) is -0.723. The highest BCUT2D eigenvalue weighted by Crippen LogP contribution is 2.28. The van der Waals surface area contributed by atoms with E-state index in [1.54, 1.807) is 25.1 Å². The maximum atomic E-state index is 10.8. The molecule has 1 heterocycles. The third-order valence-electron chi connectivity index (χ3n) is 2.40. The first-order valence-corrected chi connectivity index (χ1v) is 5.00. The fourth-order valence-corrected chi connectivity index (χ4v) is 1.65. The molecule has 0 spiro atoms. The Kier molecular flexibility index (Phi) is 2.56. The zero-order valence-electron chi connectivity index (χ0n) is 9.07. The maximum absolute atomic E-state index is 10.8. The lowest BCUT2D eigenvalue weighted by Gasteiger charge is -2.01. The van der Waals surface area contributed by atoms with Crippen molar-refractivity contribution in [3.05, 3.63) is 29.5 Å². The van der Waals surface area contributed by atoms with Gasteiger partial charge in [0.05, 0.1) is 6.61 Å². The molecule has 4 heteroatoms. The van der Waals surface area contributed by atoms with E-state index in [1.165, 1.54) is 0 Å². The van der Waals surface area contributed by atoms with E-state index in [0.717, 1.165) is 5.39 Å². The topological polar surface area (TPSA) is 62.5 Å². The van der Waals surface area contributed by atoms with Crippen molar-refractivity contribution in [2.45, 2.75) is 13.8 Å². The van der Waals surface area contributed by atoms with E-state index < -0.39 is 5.97 Å². The molecule has 0 N–H and O–H groups in total. The van der Waals surface area contributed by atoms with Crippen LogP contribution in [0.15, 0.2) is 22.6 Å². The number of rotatable bonds is 3. The molecular weight excluding hydrogens is 208 g/mol. The van der Waals surface area contributed by atoms with Gasteiger partial charge in [0.25, 0.3) is 0 Å². The number of aryl methyl sites for hydroxylation is 1. The van der Waals surface area contributed by atoms with Gasteiger partial charge in [-0.2, -0.15) is 0 Å². The van der Waals surface area contributed by atoms with Crippen molar-refractivity contribution in [3.63, 3.8) is 0 Å². The number of ether oxygens (including phenoxy) is 1. The number of carboxylic acid groups (broad SMARTS) is 1.